The molecule has 0 saturated carbocycles. The van der Waals surface area contributed by atoms with E-state index in [4.69, 9.17) is 4.74 Å². The maximum atomic E-state index is 11.8. The van der Waals surface area contributed by atoms with Crippen LogP contribution in [0.5, 0.6) is 0 Å². The van der Waals surface area contributed by atoms with E-state index in [1.165, 1.54) is 5.56 Å². The number of ether oxygens (including phenoxy) is 1. The molecule has 0 fully saturated rings. The van der Waals surface area contributed by atoms with Crippen LogP contribution >= 0.6 is 0 Å². The molecule has 0 aliphatic rings. The zero-order chi connectivity index (χ0) is 13.5. The highest BCUT2D eigenvalue weighted by Gasteiger charge is 2.12. The Balaban J connectivity index is 2.64. The maximum Gasteiger partial charge on any atom is 0.253 e. The van der Waals surface area contributed by atoms with E-state index < -0.39 is 6.10 Å². The summed E-state index contributed by atoms with van der Waals surface area (Å²) >= 11 is 0. The second-order valence-electron chi connectivity index (χ2n) is 4.52. The molecule has 1 aromatic carbocycles. The molecule has 0 radical (unpaired) electrons. The lowest BCUT2D eigenvalue weighted by atomic mass is 10.2. The normalized spacial score (nSPS) is 12.5. The van der Waals surface area contributed by atoms with Gasteiger partial charge in [-0.25, -0.2) is 0 Å². The van der Waals surface area contributed by atoms with Crippen LogP contribution in [0.4, 0.5) is 5.69 Å². The Morgan fingerprint density at radius 3 is 2.78 bits per heavy atom. The first-order chi connectivity index (χ1) is 8.52. The van der Waals surface area contributed by atoms with Gasteiger partial charge >= 0.3 is 0 Å². The van der Waals surface area contributed by atoms with Crippen molar-refractivity contribution in [2.45, 2.75) is 26.5 Å². The predicted molar refractivity (Wildman–Crippen MR) is 73.6 cm³/mol. The lowest BCUT2D eigenvalue weighted by molar-refractivity contribution is -0.126. The van der Waals surface area contributed by atoms with Gasteiger partial charge in [0.05, 0.1) is 0 Å². The molecule has 18 heavy (non-hydrogen) atoms. The minimum atomic E-state index is -0.424. The van der Waals surface area contributed by atoms with E-state index in [1.54, 1.807) is 6.92 Å². The molecule has 1 amide bonds. The van der Waals surface area contributed by atoms with Crippen molar-refractivity contribution in [1.82, 2.24) is 4.90 Å². The molecule has 4 nitrogen and oxygen atoms in total. The summed E-state index contributed by atoms with van der Waals surface area (Å²) in [5.41, 5.74) is 1.98. The molecule has 0 aliphatic carbocycles. The smallest absolute Gasteiger partial charge is 0.253 e. The molecule has 1 aromatic rings. The van der Waals surface area contributed by atoms with E-state index in [1.807, 2.05) is 45.3 Å². The highest BCUT2D eigenvalue weighted by molar-refractivity contribution is 5.93. The average Bonchev–Trinajstić information content (AvgIpc) is 2.28. The topological polar surface area (TPSA) is 41.6 Å². The average molecular weight is 250 g/mol. The number of benzene rings is 1. The van der Waals surface area contributed by atoms with Crippen molar-refractivity contribution in [3.8, 4) is 0 Å². The molecule has 1 N–H and O–H groups in total. The Labute approximate surface area is 109 Å². The van der Waals surface area contributed by atoms with Gasteiger partial charge in [-0.3, -0.25) is 4.79 Å². The molecule has 0 unspecified atom stereocenters. The summed E-state index contributed by atoms with van der Waals surface area (Å²) in [7, 11) is 4.03. The third-order valence-corrected chi connectivity index (χ3v) is 2.48. The molecular weight excluding hydrogens is 228 g/mol. The summed E-state index contributed by atoms with van der Waals surface area (Å²) < 4.78 is 5.25. The SMILES string of the molecule is CCO[C@@H](C)C(=O)Nc1cccc(CN(C)C)c1. The fraction of sp³-hybridized carbons (Fsp3) is 0.500. The van der Waals surface area contributed by atoms with Crippen LogP contribution in [0.15, 0.2) is 24.3 Å². The van der Waals surface area contributed by atoms with Crippen LogP contribution in [0.1, 0.15) is 19.4 Å². The number of amides is 1. The lowest BCUT2D eigenvalue weighted by Gasteiger charge is -2.14. The van der Waals surface area contributed by atoms with Gasteiger partial charge in [0.25, 0.3) is 5.91 Å². The molecule has 0 heterocycles. The van der Waals surface area contributed by atoms with Crippen molar-refractivity contribution in [3.05, 3.63) is 29.8 Å². The Morgan fingerprint density at radius 2 is 2.17 bits per heavy atom. The van der Waals surface area contributed by atoms with Crippen LogP contribution in [0, 0.1) is 0 Å². The summed E-state index contributed by atoms with van der Waals surface area (Å²) in [5, 5.41) is 2.86. The van der Waals surface area contributed by atoms with Crippen LogP contribution in [-0.4, -0.2) is 37.6 Å². The Bertz CT molecular complexity index is 391. The van der Waals surface area contributed by atoms with Crippen molar-refractivity contribution in [2.75, 3.05) is 26.0 Å². The van der Waals surface area contributed by atoms with Gasteiger partial charge in [0.15, 0.2) is 0 Å². The molecule has 0 aromatic heterocycles. The first-order valence-corrected chi connectivity index (χ1v) is 6.19. The van der Waals surface area contributed by atoms with E-state index in [-0.39, 0.29) is 5.91 Å². The van der Waals surface area contributed by atoms with Crippen LogP contribution in [0.3, 0.4) is 0 Å². The van der Waals surface area contributed by atoms with Gasteiger partial charge < -0.3 is 15.0 Å². The first kappa shape index (κ1) is 14.7. The fourth-order valence-corrected chi connectivity index (χ4v) is 1.68. The van der Waals surface area contributed by atoms with Crippen LogP contribution in [-0.2, 0) is 16.1 Å². The number of carbonyl (C=O) groups is 1. The summed E-state index contributed by atoms with van der Waals surface area (Å²) in [6.07, 6.45) is -0.424. The molecule has 1 rings (SSSR count). The van der Waals surface area contributed by atoms with Crippen LogP contribution < -0.4 is 5.32 Å². The van der Waals surface area contributed by atoms with Gasteiger partial charge in [0, 0.05) is 18.8 Å². The molecule has 100 valence electrons. The summed E-state index contributed by atoms with van der Waals surface area (Å²) in [4.78, 5) is 13.9. The molecule has 1 atom stereocenters. The molecule has 0 saturated heterocycles. The summed E-state index contributed by atoms with van der Waals surface area (Å²) in [6, 6.07) is 7.85. The lowest BCUT2D eigenvalue weighted by Crippen LogP contribution is -2.27. The third kappa shape index (κ3) is 4.85. The zero-order valence-electron chi connectivity index (χ0n) is 11.6. The molecule has 0 bridgehead atoms. The monoisotopic (exact) mass is 250 g/mol. The summed E-state index contributed by atoms with van der Waals surface area (Å²) in [5.74, 6) is -0.112. The minimum absolute atomic E-state index is 0.112. The largest absolute Gasteiger partial charge is 0.369 e. The second kappa shape index (κ2) is 7.13. The Hall–Kier alpha value is -1.39. The van der Waals surface area contributed by atoms with Crippen molar-refractivity contribution in [1.29, 1.82) is 0 Å². The molecule has 0 spiro atoms. The third-order valence-electron chi connectivity index (χ3n) is 2.48. The van der Waals surface area contributed by atoms with Crippen molar-refractivity contribution in [3.63, 3.8) is 0 Å². The molecule has 4 heteroatoms. The van der Waals surface area contributed by atoms with Gasteiger partial charge in [0.2, 0.25) is 0 Å². The maximum absolute atomic E-state index is 11.8. The number of nitrogens with zero attached hydrogens (tertiary/aromatic N) is 1. The number of rotatable bonds is 6. The second-order valence-corrected chi connectivity index (χ2v) is 4.52. The number of nitrogens with one attached hydrogen (secondary N) is 1. The van der Waals surface area contributed by atoms with Crippen molar-refractivity contribution >= 4 is 11.6 Å². The Morgan fingerprint density at radius 1 is 1.44 bits per heavy atom. The standard InChI is InChI=1S/C14H22N2O2/c1-5-18-11(2)14(17)15-13-8-6-7-12(9-13)10-16(3)4/h6-9,11H,5,10H2,1-4H3,(H,15,17)/t11-/m0/s1. The van der Waals surface area contributed by atoms with Gasteiger partial charge in [-0.05, 0) is 45.6 Å². The van der Waals surface area contributed by atoms with E-state index in [2.05, 4.69) is 10.2 Å². The number of hydrogen-bond donors (Lipinski definition) is 1. The molecular formula is C14H22N2O2. The van der Waals surface area contributed by atoms with E-state index in [9.17, 15) is 4.79 Å². The van der Waals surface area contributed by atoms with Crippen molar-refractivity contribution < 1.29 is 9.53 Å². The minimum Gasteiger partial charge on any atom is -0.369 e. The Kier molecular flexibility index (Phi) is 5.82. The van der Waals surface area contributed by atoms with Gasteiger partial charge in [-0.2, -0.15) is 0 Å². The fourth-order valence-electron chi connectivity index (χ4n) is 1.68. The first-order valence-electron chi connectivity index (χ1n) is 6.19. The number of hydrogen-bond acceptors (Lipinski definition) is 3. The van der Waals surface area contributed by atoms with Gasteiger partial charge in [-0.1, -0.05) is 12.1 Å². The van der Waals surface area contributed by atoms with E-state index >= 15 is 0 Å². The quantitative estimate of drug-likeness (QED) is 0.840. The molecule has 0 aliphatic heterocycles. The van der Waals surface area contributed by atoms with Gasteiger partial charge in [0.1, 0.15) is 6.10 Å². The van der Waals surface area contributed by atoms with Crippen LogP contribution in [0.2, 0.25) is 0 Å². The van der Waals surface area contributed by atoms with Crippen LogP contribution in [0.25, 0.3) is 0 Å². The number of anilines is 1. The predicted octanol–water partition coefficient (Wildman–Crippen LogP) is 2.11. The van der Waals surface area contributed by atoms with E-state index in [0.29, 0.717) is 6.61 Å². The zero-order valence-corrected chi connectivity index (χ0v) is 11.6. The van der Waals surface area contributed by atoms with Gasteiger partial charge in [-0.15, -0.1) is 0 Å². The van der Waals surface area contributed by atoms with Crippen molar-refractivity contribution in [2.24, 2.45) is 0 Å². The number of carbonyl (C=O) groups excluding carboxylic acids is 1. The van der Waals surface area contributed by atoms with E-state index in [0.717, 1.165) is 12.2 Å². The summed E-state index contributed by atoms with van der Waals surface area (Å²) in [6.45, 7) is 5.02. The highest BCUT2D eigenvalue weighted by Crippen LogP contribution is 2.12. The highest BCUT2D eigenvalue weighted by atomic mass is 16.5.